The first-order valence-corrected chi connectivity index (χ1v) is 6.49. The molecule has 0 amide bonds. The van der Waals surface area contributed by atoms with Crippen molar-refractivity contribution in [2.75, 3.05) is 13.2 Å². The summed E-state index contributed by atoms with van der Waals surface area (Å²) in [5, 5.41) is 3.97. The van der Waals surface area contributed by atoms with Crippen molar-refractivity contribution in [3.8, 4) is 11.5 Å². The van der Waals surface area contributed by atoms with Crippen LogP contribution in [0.5, 0.6) is 0 Å². The molecule has 1 unspecified atom stereocenters. The van der Waals surface area contributed by atoms with Crippen molar-refractivity contribution in [3.05, 3.63) is 35.7 Å². The average Bonchev–Trinajstić information content (AvgIpc) is 2.90. The number of hydrogen-bond acceptors (Lipinski definition) is 5. The zero-order valence-electron chi connectivity index (χ0n) is 11.3. The van der Waals surface area contributed by atoms with Crippen LogP contribution in [0, 0.1) is 0 Å². The van der Waals surface area contributed by atoms with Crippen molar-refractivity contribution >= 4 is 0 Å². The van der Waals surface area contributed by atoms with Crippen LogP contribution in [0.3, 0.4) is 0 Å². The fourth-order valence-electron chi connectivity index (χ4n) is 1.94. The van der Waals surface area contributed by atoms with Crippen LogP contribution in [0.25, 0.3) is 11.5 Å². The molecule has 5 nitrogen and oxygen atoms in total. The van der Waals surface area contributed by atoms with E-state index in [1.165, 1.54) is 0 Å². The van der Waals surface area contributed by atoms with Crippen LogP contribution in [-0.2, 0) is 11.2 Å². The minimum atomic E-state index is -0.163. The first kappa shape index (κ1) is 13.7. The molecule has 2 N–H and O–H groups in total. The largest absolute Gasteiger partial charge is 0.371 e. The Morgan fingerprint density at radius 1 is 1.37 bits per heavy atom. The smallest absolute Gasteiger partial charge is 0.258 e. The number of ether oxygens (including phenoxy) is 1. The predicted molar refractivity (Wildman–Crippen MR) is 72.5 cm³/mol. The molecule has 0 saturated carbocycles. The van der Waals surface area contributed by atoms with Crippen LogP contribution in [0.2, 0.25) is 0 Å². The Morgan fingerprint density at radius 2 is 2.16 bits per heavy atom. The van der Waals surface area contributed by atoms with Gasteiger partial charge in [-0.2, -0.15) is 4.98 Å². The summed E-state index contributed by atoms with van der Waals surface area (Å²) in [5.41, 5.74) is 7.67. The quantitative estimate of drug-likeness (QED) is 0.863. The lowest BCUT2D eigenvalue weighted by Gasteiger charge is -2.05. The summed E-state index contributed by atoms with van der Waals surface area (Å²) in [6, 6.07) is 7.92. The molecule has 0 spiro atoms. The molecule has 2 aromatic rings. The molecule has 2 rings (SSSR count). The third kappa shape index (κ3) is 3.19. The minimum Gasteiger partial charge on any atom is -0.371 e. The molecule has 1 aromatic carbocycles. The summed E-state index contributed by atoms with van der Waals surface area (Å²) in [6.07, 6.45) is 0.624. The van der Waals surface area contributed by atoms with Gasteiger partial charge in [0.25, 0.3) is 5.89 Å². The van der Waals surface area contributed by atoms with Gasteiger partial charge in [0, 0.05) is 12.2 Å². The highest BCUT2D eigenvalue weighted by molar-refractivity contribution is 5.58. The van der Waals surface area contributed by atoms with Crippen LogP contribution in [0.4, 0.5) is 0 Å². The summed E-state index contributed by atoms with van der Waals surface area (Å²) < 4.78 is 10.8. The average molecular weight is 261 g/mol. The first-order chi connectivity index (χ1) is 9.26. The number of benzene rings is 1. The standard InChI is InChI=1S/C14H19N3O2/c1-3-18-10(2)13-16-14(19-17-13)12-7-5-4-6-11(12)8-9-15/h4-7,10H,3,8-9,15H2,1-2H3. The Bertz CT molecular complexity index is 525. The van der Waals surface area contributed by atoms with E-state index < -0.39 is 0 Å². The van der Waals surface area contributed by atoms with Gasteiger partial charge in [0.1, 0.15) is 6.10 Å². The van der Waals surface area contributed by atoms with E-state index in [0.717, 1.165) is 17.5 Å². The lowest BCUT2D eigenvalue weighted by Crippen LogP contribution is -2.04. The van der Waals surface area contributed by atoms with Crippen molar-refractivity contribution in [1.29, 1.82) is 0 Å². The monoisotopic (exact) mass is 261 g/mol. The molecule has 0 bridgehead atoms. The lowest BCUT2D eigenvalue weighted by atomic mass is 10.0. The van der Waals surface area contributed by atoms with E-state index in [-0.39, 0.29) is 6.10 Å². The Balaban J connectivity index is 2.27. The van der Waals surface area contributed by atoms with Gasteiger partial charge in [0.15, 0.2) is 0 Å². The number of aromatic nitrogens is 2. The molecule has 0 fully saturated rings. The van der Waals surface area contributed by atoms with Gasteiger partial charge in [-0.25, -0.2) is 0 Å². The molecular formula is C14H19N3O2. The Morgan fingerprint density at radius 3 is 2.89 bits per heavy atom. The zero-order valence-corrected chi connectivity index (χ0v) is 11.3. The van der Waals surface area contributed by atoms with Crippen LogP contribution in [-0.4, -0.2) is 23.3 Å². The molecule has 0 saturated heterocycles. The van der Waals surface area contributed by atoms with E-state index in [9.17, 15) is 0 Å². The third-order valence-electron chi connectivity index (χ3n) is 2.88. The molecule has 0 aliphatic rings. The van der Waals surface area contributed by atoms with Crippen LogP contribution in [0.1, 0.15) is 31.3 Å². The molecule has 1 atom stereocenters. The van der Waals surface area contributed by atoms with Crippen LogP contribution in [0.15, 0.2) is 28.8 Å². The van der Waals surface area contributed by atoms with Crippen molar-refractivity contribution < 1.29 is 9.26 Å². The summed E-state index contributed by atoms with van der Waals surface area (Å²) in [4.78, 5) is 4.40. The van der Waals surface area contributed by atoms with E-state index in [1.807, 2.05) is 38.1 Å². The van der Waals surface area contributed by atoms with E-state index >= 15 is 0 Å². The van der Waals surface area contributed by atoms with E-state index in [0.29, 0.717) is 24.9 Å². The number of nitrogens with zero attached hydrogens (tertiary/aromatic N) is 2. The second-order valence-electron chi connectivity index (χ2n) is 4.25. The van der Waals surface area contributed by atoms with Crippen molar-refractivity contribution in [3.63, 3.8) is 0 Å². The van der Waals surface area contributed by atoms with Gasteiger partial charge < -0.3 is 15.0 Å². The third-order valence-corrected chi connectivity index (χ3v) is 2.88. The van der Waals surface area contributed by atoms with Crippen molar-refractivity contribution in [2.45, 2.75) is 26.4 Å². The highest BCUT2D eigenvalue weighted by atomic mass is 16.5. The normalized spacial score (nSPS) is 12.6. The van der Waals surface area contributed by atoms with Gasteiger partial charge in [-0.1, -0.05) is 23.4 Å². The van der Waals surface area contributed by atoms with Crippen LogP contribution < -0.4 is 5.73 Å². The van der Waals surface area contributed by atoms with E-state index in [1.54, 1.807) is 0 Å². The highest BCUT2D eigenvalue weighted by Crippen LogP contribution is 2.24. The minimum absolute atomic E-state index is 0.163. The Labute approximate surface area is 112 Å². The SMILES string of the molecule is CCOC(C)c1noc(-c2ccccc2CCN)n1. The maximum atomic E-state index is 5.61. The second kappa shape index (κ2) is 6.45. The van der Waals surface area contributed by atoms with Gasteiger partial charge in [-0.15, -0.1) is 0 Å². The summed E-state index contributed by atoms with van der Waals surface area (Å²) >= 11 is 0. The fraction of sp³-hybridized carbons (Fsp3) is 0.429. The molecule has 0 aliphatic heterocycles. The van der Waals surface area contributed by atoms with Crippen molar-refractivity contribution in [2.24, 2.45) is 5.73 Å². The Kier molecular flexibility index (Phi) is 4.65. The topological polar surface area (TPSA) is 74.2 Å². The van der Waals surface area contributed by atoms with Gasteiger partial charge in [0.2, 0.25) is 5.82 Å². The number of hydrogen-bond donors (Lipinski definition) is 1. The maximum absolute atomic E-state index is 5.61. The molecule has 0 aliphatic carbocycles. The maximum Gasteiger partial charge on any atom is 0.258 e. The number of rotatable bonds is 6. The molecule has 0 radical (unpaired) electrons. The van der Waals surface area contributed by atoms with E-state index in [2.05, 4.69) is 10.1 Å². The summed E-state index contributed by atoms with van der Waals surface area (Å²) in [6.45, 7) is 5.06. The highest BCUT2D eigenvalue weighted by Gasteiger charge is 2.16. The lowest BCUT2D eigenvalue weighted by molar-refractivity contribution is 0.0683. The van der Waals surface area contributed by atoms with Gasteiger partial charge in [-0.05, 0) is 38.4 Å². The molecule has 1 heterocycles. The molecule has 1 aromatic heterocycles. The van der Waals surface area contributed by atoms with Gasteiger partial charge in [-0.3, -0.25) is 0 Å². The second-order valence-corrected chi connectivity index (χ2v) is 4.25. The first-order valence-electron chi connectivity index (χ1n) is 6.49. The molecular weight excluding hydrogens is 242 g/mol. The fourth-order valence-corrected chi connectivity index (χ4v) is 1.94. The number of nitrogens with two attached hydrogens (primary N) is 1. The summed E-state index contributed by atoms with van der Waals surface area (Å²) in [5.74, 6) is 1.09. The van der Waals surface area contributed by atoms with E-state index in [4.69, 9.17) is 15.0 Å². The van der Waals surface area contributed by atoms with Crippen molar-refractivity contribution in [1.82, 2.24) is 10.1 Å². The molecule has 5 heteroatoms. The van der Waals surface area contributed by atoms with Crippen LogP contribution >= 0.6 is 0 Å². The molecule has 19 heavy (non-hydrogen) atoms. The molecule has 102 valence electrons. The van der Waals surface area contributed by atoms with Gasteiger partial charge >= 0.3 is 0 Å². The summed E-state index contributed by atoms with van der Waals surface area (Å²) in [7, 11) is 0. The zero-order chi connectivity index (χ0) is 13.7. The van der Waals surface area contributed by atoms with Gasteiger partial charge in [0.05, 0.1) is 0 Å². The predicted octanol–water partition coefficient (Wildman–Crippen LogP) is 2.34. The Hall–Kier alpha value is -1.72.